The van der Waals surface area contributed by atoms with Gasteiger partial charge in [-0.1, -0.05) is 6.07 Å². The van der Waals surface area contributed by atoms with Crippen LogP contribution in [-0.4, -0.2) is 47.9 Å². The van der Waals surface area contributed by atoms with E-state index >= 15 is 0 Å². The van der Waals surface area contributed by atoms with Gasteiger partial charge in [0.25, 0.3) is 0 Å². The number of nitrogens with two attached hydrogens (primary N) is 1. The molecule has 8 nitrogen and oxygen atoms in total. The molecule has 1 spiro atoms. The molecule has 1 aromatic heterocycles. The van der Waals surface area contributed by atoms with E-state index in [-0.39, 0.29) is 6.04 Å². The lowest BCUT2D eigenvalue weighted by atomic mass is 9.83. The van der Waals surface area contributed by atoms with Crippen molar-refractivity contribution in [2.75, 3.05) is 26.5 Å². The molecule has 3 aromatic rings. The van der Waals surface area contributed by atoms with Crippen LogP contribution in [0.4, 0.5) is 10.5 Å². The number of hydrogen-bond acceptors (Lipinski definition) is 7. The van der Waals surface area contributed by atoms with E-state index in [1.54, 1.807) is 30.0 Å². The van der Waals surface area contributed by atoms with E-state index in [1.807, 2.05) is 45.9 Å². The largest absolute Gasteiger partial charge is 0.496 e. The number of anilines is 1. The van der Waals surface area contributed by atoms with E-state index in [0.29, 0.717) is 23.2 Å². The molecule has 0 amide bonds. The standard InChI is InChI=1S/C31H39N3O5/c1-19-15-26(37-5)23(21-9-13-34(27(19)21)29(36)39-30(2,3)4)18-33-14-12-31(10-11-31)17-25(33)22-8-7-20(16-24(22)32)28(35)38-6/h7-9,13,15-16,25H,10-12,14,17-18,32H2,1-6H3. The van der Waals surface area contributed by atoms with Crippen molar-refractivity contribution in [3.8, 4) is 5.75 Å². The number of benzene rings is 2. The number of likely N-dealkylation sites (tertiary alicyclic amines) is 1. The molecule has 1 unspecified atom stereocenters. The second kappa shape index (κ2) is 9.90. The number of carbonyl (C=O) groups is 2. The minimum absolute atomic E-state index is 0.0990. The van der Waals surface area contributed by atoms with Crippen molar-refractivity contribution >= 4 is 28.7 Å². The highest BCUT2D eigenvalue weighted by Gasteiger charge is 2.48. The number of aromatic nitrogens is 1. The Morgan fingerprint density at radius 1 is 1.10 bits per heavy atom. The topological polar surface area (TPSA) is 96.0 Å². The van der Waals surface area contributed by atoms with Crippen LogP contribution < -0.4 is 10.5 Å². The van der Waals surface area contributed by atoms with Crippen molar-refractivity contribution in [3.05, 3.63) is 58.8 Å². The maximum absolute atomic E-state index is 13.0. The third-order valence-corrected chi connectivity index (χ3v) is 8.22. The van der Waals surface area contributed by atoms with Crippen molar-refractivity contribution in [2.24, 2.45) is 5.41 Å². The molecule has 208 valence electrons. The molecule has 2 aromatic carbocycles. The number of ether oxygens (including phenoxy) is 3. The van der Waals surface area contributed by atoms with Gasteiger partial charge in [-0.2, -0.15) is 0 Å². The van der Waals surface area contributed by atoms with Crippen molar-refractivity contribution in [2.45, 2.75) is 71.6 Å². The average molecular weight is 534 g/mol. The Kier molecular flexibility index (Phi) is 6.87. The van der Waals surface area contributed by atoms with Gasteiger partial charge >= 0.3 is 12.1 Å². The Balaban J connectivity index is 1.54. The van der Waals surface area contributed by atoms with Crippen LogP contribution >= 0.6 is 0 Å². The molecule has 0 bridgehead atoms. The fourth-order valence-corrected chi connectivity index (χ4v) is 6.00. The maximum Gasteiger partial charge on any atom is 0.419 e. The molecule has 0 radical (unpaired) electrons. The first kappa shape index (κ1) is 27.1. The molecule has 8 heteroatoms. The van der Waals surface area contributed by atoms with Crippen molar-refractivity contribution < 1.29 is 23.8 Å². The van der Waals surface area contributed by atoms with E-state index in [4.69, 9.17) is 19.9 Å². The lowest BCUT2D eigenvalue weighted by molar-refractivity contribution is 0.0542. The zero-order valence-corrected chi connectivity index (χ0v) is 23.8. The highest BCUT2D eigenvalue weighted by atomic mass is 16.6. The van der Waals surface area contributed by atoms with Gasteiger partial charge in [0.15, 0.2) is 0 Å². The van der Waals surface area contributed by atoms with Crippen LogP contribution in [0.3, 0.4) is 0 Å². The molecule has 2 N–H and O–H groups in total. The van der Waals surface area contributed by atoms with E-state index in [1.165, 1.54) is 20.0 Å². The number of aryl methyl sites for hydroxylation is 1. The normalized spacial score (nSPS) is 18.8. The van der Waals surface area contributed by atoms with Crippen LogP contribution in [0.5, 0.6) is 5.75 Å². The Labute approximate surface area is 230 Å². The molecule has 2 fully saturated rings. The summed E-state index contributed by atoms with van der Waals surface area (Å²) in [6.45, 7) is 9.14. The number of methoxy groups -OCH3 is 2. The second-order valence-corrected chi connectivity index (χ2v) is 12.1. The van der Waals surface area contributed by atoms with E-state index in [2.05, 4.69) is 4.90 Å². The van der Waals surface area contributed by atoms with Gasteiger partial charge in [0, 0.05) is 35.4 Å². The molecule has 1 saturated heterocycles. The maximum atomic E-state index is 13.0. The SMILES string of the molecule is COC(=O)c1ccc(C2CC3(CCN2Cc2c(OC)cc(C)c4c2ccn4C(=O)OC(C)(C)C)CC3)c(N)c1. The van der Waals surface area contributed by atoms with Crippen LogP contribution in [0, 0.1) is 12.3 Å². The van der Waals surface area contributed by atoms with Crippen LogP contribution in [0.25, 0.3) is 10.9 Å². The zero-order chi connectivity index (χ0) is 28.1. The third kappa shape index (κ3) is 5.22. The van der Waals surface area contributed by atoms with Gasteiger partial charge in [-0.05, 0) is 101 Å². The lowest BCUT2D eigenvalue weighted by Gasteiger charge is -2.41. The molecule has 2 heterocycles. The number of nitrogens with zero attached hydrogens (tertiary/aromatic N) is 2. The summed E-state index contributed by atoms with van der Waals surface area (Å²) in [4.78, 5) is 27.6. The summed E-state index contributed by atoms with van der Waals surface area (Å²) < 4.78 is 18.0. The molecular weight excluding hydrogens is 494 g/mol. The minimum atomic E-state index is -0.597. The predicted molar refractivity (Wildman–Crippen MR) is 151 cm³/mol. The summed E-state index contributed by atoms with van der Waals surface area (Å²) in [5.41, 5.74) is 11.2. The number of rotatable bonds is 5. The average Bonchev–Trinajstić information content (AvgIpc) is 3.47. The molecule has 1 atom stereocenters. The quantitative estimate of drug-likeness (QED) is 0.307. The Morgan fingerprint density at radius 2 is 1.85 bits per heavy atom. The first-order chi connectivity index (χ1) is 18.4. The van der Waals surface area contributed by atoms with Gasteiger partial charge in [-0.3, -0.25) is 9.47 Å². The lowest BCUT2D eigenvalue weighted by Crippen LogP contribution is -2.37. The van der Waals surface area contributed by atoms with E-state index in [9.17, 15) is 9.59 Å². The Morgan fingerprint density at radius 3 is 2.46 bits per heavy atom. The Hall–Kier alpha value is -3.52. The summed E-state index contributed by atoms with van der Waals surface area (Å²) in [5, 5.41) is 0.970. The van der Waals surface area contributed by atoms with Crippen molar-refractivity contribution in [1.82, 2.24) is 9.47 Å². The number of carbonyl (C=O) groups excluding carboxylic acids is 2. The van der Waals surface area contributed by atoms with Gasteiger partial charge < -0.3 is 19.9 Å². The molecule has 1 aliphatic carbocycles. The molecule has 1 saturated carbocycles. The number of nitrogen functional groups attached to an aromatic ring is 1. The third-order valence-electron chi connectivity index (χ3n) is 8.22. The van der Waals surface area contributed by atoms with E-state index < -0.39 is 17.7 Å². The monoisotopic (exact) mass is 533 g/mol. The van der Waals surface area contributed by atoms with Crippen LogP contribution in [0.15, 0.2) is 36.5 Å². The van der Waals surface area contributed by atoms with Crippen molar-refractivity contribution in [1.29, 1.82) is 0 Å². The van der Waals surface area contributed by atoms with E-state index in [0.717, 1.165) is 52.7 Å². The summed E-state index contributed by atoms with van der Waals surface area (Å²) in [5.74, 6) is 0.398. The highest BCUT2D eigenvalue weighted by Crippen LogP contribution is 2.59. The first-order valence-electron chi connectivity index (χ1n) is 13.6. The molecule has 39 heavy (non-hydrogen) atoms. The van der Waals surface area contributed by atoms with Gasteiger partial charge in [-0.25, -0.2) is 9.59 Å². The molecular formula is C31H39N3O5. The van der Waals surface area contributed by atoms with Gasteiger partial charge in [0.05, 0.1) is 25.3 Å². The summed E-state index contributed by atoms with van der Waals surface area (Å²) >= 11 is 0. The summed E-state index contributed by atoms with van der Waals surface area (Å²) in [7, 11) is 3.06. The van der Waals surface area contributed by atoms with Gasteiger partial charge in [-0.15, -0.1) is 0 Å². The van der Waals surface area contributed by atoms with Gasteiger partial charge in [0.1, 0.15) is 11.4 Å². The first-order valence-corrected chi connectivity index (χ1v) is 13.6. The summed E-state index contributed by atoms with van der Waals surface area (Å²) in [6.07, 6.45) is 6.03. The van der Waals surface area contributed by atoms with Gasteiger partial charge in [0.2, 0.25) is 0 Å². The molecule has 2 aliphatic rings. The van der Waals surface area contributed by atoms with Crippen LogP contribution in [0.2, 0.25) is 0 Å². The van der Waals surface area contributed by atoms with Crippen LogP contribution in [-0.2, 0) is 16.0 Å². The number of fused-ring (bicyclic) bond motifs is 1. The smallest absolute Gasteiger partial charge is 0.419 e. The number of hydrogen-bond donors (Lipinski definition) is 1. The fourth-order valence-electron chi connectivity index (χ4n) is 6.00. The fraction of sp³-hybridized carbons (Fsp3) is 0.484. The zero-order valence-electron chi connectivity index (χ0n) is 23.8. The van der Waals surface area contributed by atoms with Crippen molar-refractivity contribution in [3.63, 3.8) is 0 Å². The highest BCUT2D eigenvalue weighted by molar-refractivity contribution is 5.95. The molecule has 5 rings (SSSR count). The van der Waals surface area contributed by atoms with Crippen LogP contribution in [0.1, 0.15) is 79.5 Å². The number of piperidine rings is 1. The molecule has 1 aliphatic heterocycles. The minimum Gasteiger partial charge on any atom is -0.496 e. The summed E-state index contributed by atoms with van der Waals surface area (Å²) in [6, 6.07) is 9.57. The number of esters is 1. The predicted octanol–water partition coefficient (Wildman–Crippen LogP) is 6.23. The second-order valence-electron chi connectivity index (χ2n) is 12.1. The Bertz CT molecular complexity index is 1430.